The fraction of sp³-hybridized carbons (Fsp3) is 0.385. The minimum atomic E-state index is -1.12. The number of carbonyl (C=O) groups is 2. The van der Waals surface area contributed by atoms with Crippen LogP contribution in [0.1, 0.15) is 18.9 Å². The second-order valence-corrected chi connectivity index (χ2v) is 4.28. The van der Waals surface area contributed by atoms with Crippen molar-refractivity contribution in [2.75, 3.05) is 0 Å². The molecular formula is C13H18N2O4. The van der Waals surface area contributed by atoms with Crippen LogP contribution in [-0.2, 0) is 16.0 Å². The lowest BCUT2D eigenvalue weighted by molar-refractivity contribution is -0.142. The lowest BCUT2D eigenvalue weighted by Gasteiger charge is -2.17. The highest BCUT2D eigenvalue weighted by Crippen LogP contribution is 2.11. The van der Waals surface area contributed by atoms with Crippen LogP contribution >= 0.6 is 0 Å². The van der Waals surface area contributed by atoms with Crippen LogP contribution in [0.3, 0.4) is 0 Å². The van der Waals surface area contributed by atoms with E-state index in [2.05, 4.69) is 5.32 Å². The molecule has 6 heteroatoms. The number of nitrogens with one attached hydrogen (secondary N) is 1. The largest absolute Gasteiger partial charge is 0.508 e. The third-order valence-electron chi connectivity index (χ3n) is 2.77. The van der Waals surface area contributed by atoms with E-state index in [1.165, 1.54) is 12.1 Å². The molecule has 0 spiro atoms. The van der Waals surface area contributed by atoms with E-state index in [0.29, 0.717) is 12.0 Å². The molecule has 5 N–H and O–H groups in total. The van der Waals surface area contributed by atoms with Crippen molar-refractivity contribution in [3.05, 3.63) is 29.8 Å². The number of carboxylic acids is 1. The predicted octanol–water partition coefficient (Wildman–Crippen LogP) is 0.241. The number of nitrogens with two attached hydrogens (primary N) is 1. The molecule has 0 fully saturated rings. The Balaban J connectivity index is 2.71. The Bertz CT molecular complexity index is 444. The van der Waals surface area contributed by atoms with Crippen molar-refractivity contribution >= 4 is 11.9 Å². The summed E-state index contributed by atoms with van der Waals surface area (Å²) in [4.78, 5) is 22.7. The summed E-state index contributed by atoms with van der Waals surface area (Å²) in [5.41, 5.74) is 6.24. The highest BCUT2D eigenvalue weighted by molar-refractivity contribution is 5.86. The van der Waals surface area contributed by atoms with Gasteiger partial charge in [-0.05, 0) is 24.1 Å². The Hall–Kier alpha value is -2.08. The number of aromatic hydroxyl groups is 1. The van der Waals surface area contributed by atoms with Gasteiger partial charge in [0.2, 0.25) is 5.91 Å². The number of phenolic OH excluding ortho intramolecular Hbond substituents is 1. The maximum Gasteiger partial charge on any atom is 0.326 e. The van der Waals surface area contributed by atoms with Crippen molar-refractivity contribution in [3.63, 3.8) is 0 Å². The average Bonchev–Trinajstić information content (AvgIpc) is 2.39. The second kappa shape index (κ2) is 6.75. The SMILES string of the molecule is CC[C@H](N)C(=O)N[C@H](Cc1ccc(O)cc1)C(=O)O. The smallest absolute Gasteiger partial charge is 0.326 e. The minimum Gasteiger partial charge on any atom is -0.508 e. The molecule has 104 valence electrons. The van der Waals surface area contributed by atoms with Gasteiger partial charge in [0.1, 0.15) is 11.8 Å². The quantitative estimate of drug-likeness (QED) is 0.589. The number of benzene rings is 1. The van der Waals surface area contributed by atoms with Crippen molar-refractivity contribution in [2.24, 2.45) is 5.73 Å². The van der Waals surface area contributed by atoms with Crippen molar-refractivity contribution in [2.45, 2.75) is 31.8 Å². The van der Waals surface area contributed by atoms with Gasteiger partial charge in [0, 0.05) is 6.42 Å². The summed E-state index contributed by atoms with van der Waals surface area (Å²) < 4.78 is 0. The van der Waals surface area contributed by atoms with Gasteiger partial charge in [0.15, 0.2) is 0 Å². The van der Waals surface area contributed by atoms with E-state index < -0.39 is 24.0 Å². The first-order valence-corrected chi connectivity index (χ1v) is 6.00. The molecule has 19 heavy (non-hydrogen) atoms. The van der Waals surface area contributed by atoms with Crippen LogP contribution in [0.2, 0.25) is 0 Å². The van der Waals surface area contributed by atoms with Gasteiger partial charge in [0.05, 0.1) is 6.04 Å². The van der Waals surface area contributed by atoms with Crippen LogP contribution in [0.25, 0.3) is 0 Å². The summed E-state index contributed by atoms with van der Waals surface area (Å²) >= 11 is 0. The Labute approximate surface area is 111 Å². The fourth-order valence-corrected chi connectivity index (χ4v) is 1.53. The molecule has 0 aliphatic carbocycles. The number of aliphatic carboxylic acids is 1. The van der Waals surface area contributed by atoms with E-state index in [9.17, 15) is 9.59 Å². The Morgan fingerprint density at radius 2 is 1.89 bits per heavy atom. The van der Waals surface area contributed by atoms with E-state index in [1.807, 2.05) is 0 Å². The molecule has 1 rings (SSSR count). The third-order valence-corrected chi connectivity index (χ3v) is 2.77. The number of amides is 1. The summed E-state index contributed by atoms with van der Waals surface area (Å²) in [7, 11) is 0. The summed E-state index contributed by atoms with van der Waals surface area (Å²) in [6.07, 6.45) is 0.579. The molecule has 0 saturated heterocycles. The van der Waals surface area contributed by atoms with E-state index in [-0.39, 0.29) is 12.2 Å². The number of carbonyl (C=O) groups excluding carboxylic acids is 1. The maximum atomic E-state index is 11.6. The summed E-state index contributed by atoms with van der Waals surface area (Å²) in [6.45, 7) is 1.75. The summed E-state index contributed by atoms with van der Waals surface area (Å²) in [5.74, 6) is -1.49. The first-order valence-electron chi connectivity index (χ1n) is 6.00. The van der Waals surface area contributed by atoms with E-state index in [1.54, 1.807) is 19.1 Å². The van der Waals surface area contributed by atoms with Crippen LogP contribution in [0.5, 0.6) is 5.75 Å². The number of hydrogen-bond donors (Lipinski definition) is 4. The van der Waals surface area contributed by atoms with Gasteiger partial charge in [0.25, 0.3) is 0 Å². The second-order valence-electron chi connectivity index (χ2n) is 4.28. The topological polar surface area (TPSA) is 113 Å². The van der Waals surface area contributed by atoms with Crippen LogP contribution in [-0.4, -0.2) is 34.2 Å². The molecule has 0 aliphatic heterocycles. The minimum absolute atomic E-state index is 0.104. The predicted molar refractivity (Wildman–Crippen MR) is 69.6 cm³/mol. The molecule has 1 aromatic rings. The van der Waals surface area contributed by atoms with Gasteiger partial charge in [-0.15, -0.1) is 0 Å². The molecule has 0 unspecified atom stereocenters. The first kappa shape index (κ1) is 15.0. The molecule has 1 amide bonds. The lowest BCUT2D eigenvalue weighted by Crippen LogP contribution is -2.49. The molecule has 0 saturated carbocycles. The van der Waals surface area contributed by atoms with Crippen molar-refractivity contribution < 1.29 is 19.8 Å². The number of hydrogen-bond acceptors (Lipinski definition) is 4. The van der Waals surface area contributed by atoms with Gasteiger partial charge in [-0.25, -0.2) is 4.79 Å². The molecule has 0 radical (unpaired) electrons. The van der Waals surface area contributed by atoms with Crippen molar-refractivity contribution in [1.29, 1.82) is 0 Å². The standard InChI is InChI=1S/C13H18N2O4/c1-2-10(14)12(17)15-11(13(18)19)7-8-3-5-9(16)6-4-8/h3-6,10-11,16H,2,7,14H2,1H3,(H,15,17)(H,18,19)/t10-,11+/m0/s1. The molecule has 0 heterocycles. The Morgan fingerprint density at radius 1 is 1.32 bits per heavy atom. The summed E-state index contributed by atoms with van der Waals surface area (Å²) in [6, 6.07) is 4.41. The van der Waals surface area contributed by atoms with E-state index in [0.717, 1.165) is 0 Å². The highest BCUT2D eigenvalue weighted by Gasteiger charge is 2.22. The first-order chi connectivity index (χ1) is 8.93. The zero-order chi connectivity index (χ0) is 14.4. The monoisotopic (exact) mass is 266 g/mol. The van der Waals surface area contributed by atoms with Crippen LogP contribution < -0.4 is 11.1 Å². The zero-order valence-electron chi connectivity index (χ0n) is 10.7. The van der Waals surface area contributed by atoms with Gasteiger partial charge in [-0.2, -0.15) is 0 Å². The molecule has 1 aromatic carbocycles. The fourth-order valence-electron chi connectivity index (χ4n) is 1.53. The molecular weight excluding hydrogens is 248 g/mol. The third kappa shape index (κ3) is 4.59. The van der Waals surface area contributed by atoms with Gasteiger partial charge < -0.3 is 21.3 Å². The molecule has 0 bridgehead atoms. The molecule has 0 aromatic heterocycles. The number of rotatable bonds is 6. The van der Waals surface area contributed by atoms with Gasteiger partial charge >= 0.3 is 5.97 Å². The molecule has 2 atom stereocenters. The molecule has 0 aliphatic rings. The van der Waals surface area contributed by atoms with Crippen molar-refractivity contribution in [1.82, 2.24) is 5.32 Å². The lowest BCUT2D eigenvalue weighted by atomic mass is 10.1. The highest BCUT2D eigenvalue weighted by atomic mass is 16.4. The normalized spacial score (nSPS) is 13.6. The number of carboxylic acid groups (broad SMARTS) is 1. The van der Waals surface area contributed by atoms with Crippen LogP contribution in [0.15, 0.2) is 24.3 Å². The van der Waals surface area contributed by atoms with Crippen LogP contribution in [0.4, 0.5) is 0 Å². The average molecular weight is 266 g/mol. The summed E-state index contributed by atoms with van der Waals surface area (Å²) in [5, 5.41) is 20.6. The van der Waals surface area contributed by atoms with E-state index >= 15 is 0 Å². The van der Waals surface area contributed by atoms with Gasteiger partial charge in [-0.1, -0.05) is 19.1 Å². The maximum absolute atomic E-state index is 11.6. The Kier molecular flexibility index (Phi) is 5.32. The number of phenols is 1. The van der Waals surface area contributed by atoms with Gasteiger partial charge in [-0.3, -0.25) is 4.79 Å². The van der Waals surface area contributed by atoms with Crippen LogP contribution in [0, 0.1) is 0 Å². The van der Waals surface area contributed by atoms with E-state index in [4.69, 9.17) is 15.9 Å². The van der Waals surface area contributed by atoms with Crippen molar-refractivity contribution in [3.8, 4) is 5.75 Å². The Morgan fingerprint density at radius 3 is 2.37 bits per heavy atom. The molecule has 6 nitrogen and oxygen atoms in total. The zero-order valence-corrected chi connectivity index (χ0v) is 10.7.